The number of carbonyl (C=O) groups is 1. The summed E-state index contributed by atoms with van der Waals surface area (Å²) in [5, 5.41) is 0.842. The fraction of sp³-hybridized carbons (Fsp3) is 0.350. The van der Waals surface area contributed by atoms with Gasteiger partial charge in [0.2, 0.25) is 0 Å². The molecule has 2 saturated heterocycles. The molecule has 9 heteroatoms. The lowest BCUT2D eigenvalue weighted by atomic mass is 9.83. The number of amides is 1. The van der Waals surface area contributed by atoms with Crippen LogP contribution >= 0.6 is 0 Å². The molecule has 1 atom stereocenters. The van der Waals surface area contributed by atoms with E-state index >= 15 is 0 Å². The Balaban J connectivity index is 1.34. The Kier molecular flexibility index (Phi) is 4.09. The Morgan fingerprint density at radius 1 is 1.21 bits per heavy atom. The molecule has 1 aromatic carbocycles. The van der Waals surface area contributed by atoms with Crippen LogP contribution < -0.4 is 4.74 Å². The molecule has 1 amide bonds. The minimum absolute atomic E-state index is 0.117. The van der Waals surface area contributed by atoms with Gasteiger partial charge < -0.3 is 14.6 Å². The SMILES string of the molecule is O=C(c1c[nH]c2ccccc12)N1CC2(C1)C(COc1ncccn1)CCS2(=O)=O. The van der Waals surface area contributed by atoms with Gasteiger partial charge in [-0.25, -0.2) is 18.4 Å². The number of hydrogen-bond acceptors (Lipinski definition) is 6. The van der Waals surface area contributed by atoms with Crippen molar-refractivity contribution >= 4 is 26.6 Å². The van der Waals surface area contributed by atoms with E-state index in [1.807, 2.05) is 24.3 Å². The van der Waals surface area contributed by atoms with Crippen LogP contribution in [0, 0.1) is 5.92 Å². The van der Waals surface area contributed by atoms with Crippen LogP contribution in [0.15, 0.2) is 48.9 Å². The molecule has 0 saturated carbocycles. The molecule has 8 nitrogen and oxygen atoms in total. The van der Waals surface area contributed by atoms with Crippen molar-refractivity contribution in [1.82, 2.24) is 19.9 Å². The molecule has 150 valence electrons. The van der Waals surface area contributed by atoms with Crippen molar-refractivity contribution in [2.75, 3.05) is 25.4 Å². The van der Waals surface area contributed by atoms with Gasteiger partial charge in [0.1, 0.15) is 4.75 Å². The quantitative estimate of drug-likeness (QED) is 0.699. The Labute approximate surface area is 167 Å². The summed E-state index contributed by atoms with van der Waals surface area (Å²) in [4.78, 5) is 25.8. The van der Waals surface area contributed by atoms with Gasteiger partial charge in [-0.3, -0.25) is 4.79 Å². The van der Waals surface area contributed by atoms with Crippen LogP contribution in [0.5, 0.6) is 6.01 Å². The molecule has 2 aromatic heterocycles. The highest BCUT2D eigenvalue weighted by atomic mass is 32.2. The Hall–Kier alpha value is -2.94. The maximum Gasteiger partial charge on any atom is 0.316 e. The summed E-state index contributed by atoms with van der Waals surface area (Å²) in [7, 11) is -3.30. The Bertz CT molecular complexity index is 1170. The molecule has 5 rings (SSSR count). The van der Waals surface area contributed by atoms with E-state index in [9.17, 15) is 13.2 Å². The molecule has 3 aromatic rings. The lowest BCUT2D eigenvalue weighted by molar-refractivity contribution is 0.0405. The molecule has 1 unspecified atom stereocenters. The molecule has 29 heavy (non-hydrogen) atoms. The third-order valence-electron chi connectivity index (χ3n) is 6.08. The third kappa shape index (κ3) is 2.79. The molecule has 0 radical (unpaired) electrons. The first-order chi connectivity index (χ1) is 14.0. The fourth-order valence-corrected chi connectivity index (χ4v) is 6.81. The number of likely N-dealkylation sites (tertiary alicyclic amines) is 1. The van der Waals surface area contributed by atoms with Crippen LogP contribution in [-0.2, 0) is 9.84 Å². The average Bonchev–Trinajstić information content (AvgIpc) is 3.24. The first-order valence-corrected chi connectivity index (χ1v) is 11.1. The predicted molar refractivity (Wildman–Crippen MR) is 106 cm³/mol. The van der Waals surface area contributed by atoms with Gasteiger partial charge >= 0.3 is 6.01 Å². The largest absolute Gasteiger partial charge is 0.463 e. The maximum atomic E-state index is 13.0. The second-order valence-corrected chi connectivity index (χ2v) is 10.1. The zero-order chi connectivity index (χ0) is 20.1. The van der Waals surface area contributed by atoms with Crippen LogP contribution in [0.4, 0.5) is 0 Å². The van der Waals surface area contributed by atoms with Crippen molar-refractivity contribution in [3.8, 4) is 6.01 Å². The summed E-state index contributed by atoms with van der Waals surface area (Å²) in [5.74, 6) is -0.226. The fourth-order valence-electron chi connectivity index (χ4n) is 4.41. The van der Waals surface area contributed by atoms with E-state index in [0.29, 0.717) is 12.0 Å². The molecule has 1 N–H and O–H groups in total. The van der Waals surface area contributed by atoms with Crippen molar-refractivity contribution < 1.29 is 17.9 Å². The van der Waals surface area contributed by atoms with Crippen LogP contribution in [-0.4, -0.2) is 64.4 Å². The van der Waals surface area contributed by atoms with Gasteiger partial charge in [0.25, 0.3) is 5.91 Å². The Morgan fingerprint density at radius 2 is 1.97 bits per heavy atom. The molecular weight excluding hydrogens is 392 g/mol. The number of nitrogens with zero attached hydrogens (tertiary/aromatic N) is 3. The van der Waals surface area contributed by atoms with Gasteiger partial charge in [-0.15, -0.1) is 0 Å². The first kappa shape index (κ1) is 18.1. The highest BCUT2D eigenvalue weighted by Gasteiger charge is 2.62. The number of ether oxygens (including phenoxy) is 1. The van der Waals surface area contributed by atoms with E-state index in [1.165, 1.54) is 0 Å². The molecule has 2 fully saturated rings. The van der Waals surface area contributed by atoms with Crippen molar-refractivity contribution in [3.63, 3.8) is 0 Å². The number of nitrogens with one attached hydrogen (secondary N) is 1. The van der Waals surface area contributed by atoms with Gasteiger partial charge in [0, 0.05) is 48.5 Å². The number of benzene rings is 1. The second kappa shape index (κ2) is 6.55. The minimum Gasteiger partial charge on any atom is -0.463 e. The first-order valence-electron chi connectivity index (χ1n) is 9.48. The van der Waals surface area contributed by atoms with Gasteiger partial charge in [0.05, 0.1) is 17.9 Å². The van der Waals surface area contributed by atoms with E-state index in [4.69, 9.17) is 4.74 Å². The number of sulfone groups is 1. The molecule has 2 aliphatic heterocycles. The van der Waals surface area contributed by atoms with E-state index in [0.717, 1.165) is 10.9 Å². The summed E-state index contributed by atoms with van der Waals surface area (Å²) in [5.41, 5.74) is 1.45. The van der Waals surface area contributed by atoms with Gasteiger partial charge in [0.15, 0.2) is 9.84 Å². The molecule has 0 aliphatic carbocycles. The monoisotopic (exact) mass is 412 g/mol. The summed E-state index contributed by atoms with van der Waals surface area (Å²) >= 11 is 0. The van der Waals surface area contributed by atoms with Crippen molar-refractivity contribution in [1.29, 1.82) is 0 Å². The van der Waals surface area contributed by atoms with Crippen LogP contribution in [0.3, 0.4) is 0 Å². The molecule has 4 heterocycles. The summed E-state index contributed by atoms with van der Waals surface area (Å²) in [6, 6.07) is 9.50. The minimum atomic E-state index is -3.30. The molecule has 1 spiro atoms. The van der Waals surface area contributed by atoms with Crippen LogP contribution in [0.1, 0.15) is 16.8 Å². The normalized spacial score (nSPS) is 21.9. The lowest BCUT2D eigenvalue weighted by Gasteiger charge is -2.49. The van der Waals surface area contributed by atoms with Crippen molar-refractivity contribution in [2.24, 2.45) is 5.92 Å². The molecule has 2 aliphatic rings. The van der Waals surface area contributed by atoms with Crippen molar-refractivity contribution in [3.05, 3.63) is 54.5 Å². The summed E-state index contributed by atoms with van der Waals surface area (Å²) in [6.45, 7) is 0.604. The van der Waals surface area contributed by atoms with Gasteiger partial charge in [-0.05, 0) is 18.6 Å². The van der Waals surface area contributed by atoms with E-state index in [1.54, 1.807) is 29.6 Å². The number of H-pyrrole nitrogens is 1. The number of para-hydroxylation sites is 1. The van der Waals surface area contributed by atoms with E-state index < -0.39 is 14.6 Å². The zero-order valence-corrected chi connectivity index (χ0v) is 16.4. The summed E-state index contributed by atoms with van der Waals surface area (Å²) < 4.78 is 30.4. The standard InChI is InChI=1S/C20H20N4O4S/c25-18(16-10-23-17-5-2-1-4-15(16)17)24-12-20(13-24)14(6-9-29(20,26)27)11-28-19-21-7-3-8-22-19/h1-5,7-8,10,14,23H,6,9,11-13H2. The van der Waals surface area contributed by atoms with Gasteiger partial charge in [-0.2, -0.15) is 0 Å². The van der Waals surface area contributed by atoms with Crippen LogP contribution in [0.25, 0.3) is 10.9 Å². The number of fused-ring (bicyclic) bond motifs is 1. The molecule has 0 bridgehead atoms. The van der Waals surface area contributed by atoms with Crippen LogP contribution in [0.2, 0.25) is 0 Å². The lowest BCUT2D eigenvalue weighted by Crippen LogP contribution is -2.68. The topological polar surface area (TPSA) is 105 Å². The average molecular weight is 412 g/mol. The third-order valence-corrected chi connectivity index (χ3v) is 8.68. The smallest absolute Gasteiger partial charge is 0.316 e. The van der Waals surface area contributed by atoms with E-state index in [-0.39, 0.29) is 43.3 Å². The maximum absolute atomic E-state index is 13.0. The highest BCUT2D eigenvalue weighted by Crippen LogP contribution is 2.45. The second-order valence-electron chi connectivity index (χ2n) is 7.62. The number of aromatic amines is 1. The molecular formula is C20H20N4O4S. The number of rotatable bonds is 4. The predicted octanol–water partition coefficient (Wildman–Crippen LogP) is 1.67. The summed E-state index contributed by atoms with van der Waals surface area (Å²) in [6.07, 6.45) is 5.36. The van der Waals surface area contributed by atoms with Crippen molar-refractivity contribution in [2.45, 2.75) is 11.2 Å². The van der Waals surface area contributed by atoms with Gasteiger partial charge in [-0.1, -0.05) is 18.2 Å². The number of hydrogen-bond donors (Lipinski definition) is 1. The highest BCUT2D eigenvalue weighted by molar-refractivity contribution is 7.93. The Morgan fingerprint density at radius 3 is 2.76 bits per heavy atom. The number of aromatic nitrogens is 3. The zero-order valence-electron chi connectivity index (χ0n) is 15.6. The number of carbonyl (C=O) groups excluding carboxylic acids is 1. The van der Waals surface area contributed by atoms with E-state index in [2.05, 4.69) is 15.0 Å².